The summed E-state index contributed by atoms with van der Waals surface area (Å²) in [5, 5.41) is 10.1. The first kappa shape index (κ1) is 19.5. The van der Waals surface area contributed by atoms with E-state index in [0.29, 0.717) is 5.56 Å². The Labute approximate surface area is 150 Å². The number of hydrogen-bond donors (Lipinski definition) is 1. The van der Waals surface area contributed by atoms with Crippen LogP contribution in [0.5, 0.6) is 5.75 Å². The molecule has 0 saturated carbocycles. The lowest BCUT2D eigenvalue weighted by Gasteiger charge is -2.08. The van der Waals surface area contributed by atoms with Crippen LogP contribution in [0.4, 0.5) is 13.2 Å². The maximum absolute atomic E-state index is 12.1. The van der Waals surface area contributed by atoms with E-state index in [9.17, 15) is 22.8 Å². The molecule has 0 radical (unpaired) electrons. The molecule has 1 aromatic carbocycles. The maximum atomic E-state index is 12.1. The minimum absolute atomic E-state index is 0.0713. The van der Waals surface area contributed by atoms with E-state index in [4.69, 9.17) is 0 Å². The van der Waals surface area contributed by atoms with E-state index in [-0.39, 0.29) is 15.8 Å². The molecular weight excluding hydrogens is 375 g/mol. The highest BCUT2D eigenvalue weighted by Gasteiger charge is 2.28. The van der Waals surface area contributed by atoms with Crippen molar-refractivity contribution in [2.24, 2.45) is 10.2 Å². The van der Waals surface area contributed by atoms with E-state index in [1.54, 1.807) is 0 Å². The molecule has 138 valence electrons. The number of amidine groups is 1. The van der Waals surface area contributed by atoms with Crippen LogP contribution in [-0.4, -0.2) is 43.2 Å². The summed E-state index contributed by atoms with van der Waals surface area (Å²) >= 11 is 0.918. The smallest absolute Gasteiger partial charge is 0.422 e. The zero-order valence-electron chi connectivity index (χ0n) is 13.2. The minimum atomic E-state index is -4.40. The summed E-state index contributed by atoms with van der Waals surface area (Å²) in [6.45, 7) is -1.37. The van der Waals surface area contributed by atoms with Crippen LogP contribution in [-0.2, 0) is 14.3 Å². The van der Waals surface area contributed by atoms with Gasteiger partial charge in [-0.1, -0.05) is 0 Å². The summed E-state index contributed by atoms with van der Waals surface area (Å²) in [7, 11) is 1.19. The maximum Gasteiger partial charge on any atom is 0.422 e. The van der Waals surface area contributed by atoms with Gasteiger partial charge in [-0.25, -0.2) is 4.79 Å². The molecule has 1 aromatic rings. The van der Waals surface area contributed by atoms with Crippen molar-refractivity contribution in [2.75, 3.05) is 13.7 Å². The van der Waals surface area contributed by atoms with Gasteiger partial charge in [0.05, 0.1) is 18.2 Å². The molecule has 1 aliphatic heterocycles. The molecule has 1 heterocycles. The third-order valence-electron chi connectivity index (χ3n) is 2.74. The lowest BCUT2D eigenvalue weighted by Crippen LogP contribution is -2.19. The topological polar surface area (TPSA) is 89.3 Å². The van der Waals surface area contributed by atoms with E-state index in [1.165, 1.54) is 37.6 Å². The number of hydrogen-bond acceptors (Lipinski definition) is 7. The van der Waals surface area contributed by atoms with Gasteiger partial charge < -0.3 is 9.47 Å². The number of ether oxygens (including phenoxy) is 2. The Morgan fingerprint density at radius 3 is 2.62 bits per heavy atom. The van der Waals surface area contributed by atoms with Gasteiger partial charge in [0.15, 0.2) is 11.8 Å². The molecule has 0 aromatic heterocycles. The number of alkyl halides is 3. The molecule has 0 atom stereocenters. The average Bonchev–Trinajstić information content (AvgIpc) is 2.93. The largest absolute Gasteiger partial charge is 0.484 e. The number of nitrogens with zero attached hydrogens (tertiary/aromatic N) is 2. The Kier molecular flexibility index (Phi) is 6.39. The molecule has 11 heteroatoms. The number of carbonyl (C=O) groups excluding carboxylic acids is 2. The first-order chi connectivity index (χ1) is 12.3. The summed E-state index contributed by atoms with van der Waals surface area (Å²) in [6.07, 6.45) is -2.03. The molecule has 1 amide bonds. The predicted octanol–water partition coefficient (Wildman–Crippen LogP) is 2.24. The zero-order chi connectivity index (χ0) is 19.2. The molecule has 26 heavy (non-hydrogen) atoms. The van der Waals surface area contributed by atoms with Gasteiger partial charge in [0.2, 0.25) is 0 Å². The Bertz CT molecular complexity index is 773. The van der Waals surface area contributed by atoms with Crippen LogP contribution >= 0.6 is 11.8 Å². The van der Waals surface area contributed by atoms with E-state index in [2.05, 4.69) is 25.0 Å². The normalized spacial score (nSPS) is 17.8. The number of amides is 1. The molecule has 0 bridgehead atoms. The SMILES string of the molecule is COC(=O)/C=C1/S/C(=N\N=Cc2ccc(OCC(F)(F)F)cc2)NC1=O. The number of nitrogens with one attached hydrogen (secondary N) is 1. The van der Waals surface area contributed by atoms with E-state index >= 15 is 0 Å². The summed E-state index contributed by atoms with van der Waals surface area (Å²) in [6, 6.07) is 5.73. The fraction of sp³-hybridized carbons (Fsp3) is 0.200. The minimum Gasteiger partial charge on any atom is -0.484 e. The molecule has 2 rings (SSSR count). The highest BCUT2D eigenvalue weighted by atomic mass is 32.2. The highest BCUT2D eigenvalue weighted by Crippen LogP contribution is 2.23. The van der Waals surface area contributed by atoms with Gasteiger partial charge in [-0.2, -0.15) is 18.3 Å². The summed E-state index contributed by atoms with van der Waals surface area (Å²) in [5.74, 6) is -1.09. The molecule has 1 saturated heterocycles. The zero-order valence-corrected chi connectivity index (χ0v) is 14.1. The molecule has 0 aliphatic carbocycles. The Hall–Kier alpha value is -2.82. The first-order valence-corrected chi connectivity index (χ1v) is 7.78. The van der Waals surface area contributed by atoms with Crippen molar-refractivity contribution in [3.8, 4) is 5.75 Å². The molecule has 1 aliphatic rings. The van der Waals surface area contributed by atoms with E-state index in [0.717, 1.165) is 17.8 Å². The quantitative estimate of drug-likeness (QED) is 0.362. The van der Waals surface area contributed by atoms with Gasteiger partial charge in [0.1, 0.15) is 5.75 Å². The second-order valence-corrected chi connectivity index (χ2v) is 5.74. The summed E-state index contributed by atoms with van der Waals surface area (Å²) in [4.78, 5) is 22.8. The molecule has 1 N–H and O–H groups in total. The van der Waals surface area contributed by atoms with Gasteiger partial charge in [-0.3, -0.25) is 10.1 Å². The fourth-order valence-electron chi connectivity index (χ4n) is 1.60. The third-order valence-corrected chi connectivity index (χ3v) is 3.64. The Morgan fingerprint density at radius 2 is 2.00 bits per heavy atom. The van der Waals surface area contributed by atoms with Gasteiger partial charge in [-0.05, 0) is 41.6 Å². The third kappa shape index (κ3) is 6.24. The Morgan fingerprint density at radius 1 is 1.31 bits per heavy atom. The number of benzene rings is 1. The Balaban J connectivity index is 1.94. The van der Waals surface area contributed by atoms with E-state index < -0.39 is 24.7 Å². The highest BCUT2D eigenvalue weighted by molar-refractivity contribution is 8.18. The second kappa shape index (κ2) is 8.52. The van der Waals surface area contributed by atoms with E-state index in [1.807, 2.05) is 0 Å². The molecule has 0 unspecified atom stereocenters. The standard InChI is InChI=1S/C15H12F3N3O4S/c1-24-12(22)6-11-13(23)20-14(26-11)21-19-7-9-2-4-10(5-3-9)25-8-15(16,17)18/h2-7H,8H2,1H3,(H,20,21,23)/b11-6+,19-7?. The lowest BCUT2D eigenvalue weighted by molar-refractivity contribution is -0.153. The monoisotopic (exact) mass is 387 g/mol. The van der Waals surface area contributed by atoms with Crippen LogP contribution in [0.15, 0.2) is 45.4 Å². The van der Waals surface area contributed by atoms with Crippen LogP contribution < -0.4 is 10.1 Å². The van der Waals surface area contributed by atoms with Crippen LogP contribution in [0.25, 0.3) is 0 Å². The van der Waals surface area contributed by atoms with Crippen LogP contribution in [0.3, 0.4) is 0 Å². The molecular formula is C15H12F3N3O4S. The van der Waals surface area contributed by atoms with Crippen molar-refractivity contribution in [2.45, 2.75) is 6.18 Å². The van der Waals surface area contributed by atoms with Crippen LogP contribution in [0, 0.1) is 0 Å². The lowest BCUT2D eigenvalue weighted by atomic mass is 10.2. The predicted molar refractivity (Wildman–Crippen MR) is 88.9 cm³/mol. The molecule has 1 fully saturated rings. The number of thioether (sulfide) groups is 1. The first-order valence-electron chi connectivity index (χ1n) is 6.96. The molecule has 0 spiro atoms. The number of esters is 1. The van der Waals surface area contributed by atoms with Crippen molar-refractivity contribution >= 4 is 35.0 Å². The number of carbonyl (C=O) groups is 2. The van der Waals surface area contributed by atoms with Crippen molar-refractivity contribution in [3.05, 3.63) is 40.8 Å². The van der Waals surface area contributed by atoms with Crippen molar-refractivity contribution in [3.63, 3.8) is 0 Å². The van der Waals surface area contributed by atoms with Crippen molar-refractivity contribution in [1.82, 2.24) is 5.32 Å². The number of rotatable bonds is 5. The summed E-state index contributed by atoms with van der Waals surface area (Å²) < 4.78 is 45.2. The van der Waals surface area contributed by atoms with Gasteiger partial charge >= 0.3 is 12.1 Å². The molecule has 7 nitrogen and oxygen atoms in total. The van der Waals surface area contributed by atoms with Crippen molar-refractivity contribution in [1.29, 1.82) is 0 Å². The number of halogens is 3. The fourth-order valence-corrected chi connectivity index (χ4v) is 2.34. The van der Waals surface area contributed by atoms with Crippen molar-refractivity contribution < 1.29 is 32.2 Å². The summed E-state index contributed by atoms with van der Waals surface area (Å²) in [5.41, 5.74) is 0.563. The second-order valence-electron chi connectivity index (χ2n) is 4.71. The van der Waals surface area contributed by atoms with Crippen LogP contribution in [0.1, 0.15) is 5.56 Å². The van der Waals surface area contributed by atoms with Gasteiger partial charge in [0, 0.05) is 6.08 Å². The number of methoxy groups -OCH3 is 1. The van der Waals surface area contributed by atoms with Crippen LogP contribution in [0.2, 0.25) is 0 Å². The average molecular weight is 387 g/mol. The van der Waals surface area contributed by atoms with Gasteiger partial charge in [0.25, 0.3) is 5.91 Å². The van der Waals surface area contributed by atoms with Gasteiger partial charge in [-0.15, -0.1) is 5.10 Å².